The number of hydrogen-bond donors (Lipinski definition) is 2. The Hall–Kier alpha value is -0.120. The van der Waals surface area contributed by atoms with Crippen LogP contribution in [0.4, 0.5) is 0 Å². The van der Waals surface area contributed by atoms with Crippen LogP contribution in [-0.2, 0) is 0 Å². The highest BCUT2D eigenvalue weighted by Crippen LogP contribution is 2.22. The number of unbranched alkanes of at least 4 members (excludes halogenated alkanes) is 4. The Labute approximate surface area is 106 Å². The standard InChI is InChI=1S/C14H30NO2/c16-13-7-1-3-9-15(11-5-6-12-15)10-4-2-8-14-17/h16-17H,1-14H2/q+1. The molecular formula is C14H30NO2+. The third-order valence-electron chi connectivity index (χ3n) is 4.10. The molecule has 0 bridgehead atoms. The predicted molar refractivity (Wildman–Crippen MR) is 70.8 cm³/mol. The van der Waals surface area contributed by atoms with Crippen LogP contribution in [0.1, 0.15) is 51.4 Å². The first kappa shape index (κ1) is 14.9. The van der Waals surface area contributed by atoms with Crippen molar-refractivity contribution in [2.45, 2.75) is 51.4 Å². The van der Waals surface area contributed by atoms with Gasteiger partial charge in [-0.3, -0.25) is 0 Å². The van der Waals surface area contributed by atoms with Gasteiger partial charge >= 0.3 is 0 Å². The maximum atomic E-state index is 8.79. The summed E-state index contributed by atoms with van der Waals surface area (Å²) < 4.78 is 1.32. The summed E-state index contributed by atoms with van der Waals surface area (Å²) in [7, 11) is 0. The van der Waals surface area contributed by atoms with Crippen LogP contribution in [0.5, 0.6) is 0 Å². The van der Waals surface area contributed by atoms with E-state index in [4.69, 9.17) is 10.2 Å². The number of likely N-dealkylation sites (tertiary alicyclic amines) is 1. The zero-order chi connectivity index (χ0) is 12.4. The molecule has 3 nitrogen and oxygen atoms in total. The normalized spacial score (nSPS) is 18.7. The van der Waals surface area contributed by atoms with Crippen molar-refractivity contribution in [2.24, 2.45) is 0 Å². The first-order valence-electron chi connectivity index (χ1n) is 7.40. The van der Waals surface area contributed by atoms with Crippen molar-refractivity contribution in [3.8, 4) is 0 Å². The molecule has 0 aromatic carbocycles. The van der Waals surface area contributed by atoms with E-state index in [9.17, 15) is 0 Å². The summed E-state index contributed by atoms with van der Waals surface area (Å²) in [6, 6.07) is 0. The largest absolute Gasteiger partial charge is 0.396 e. The predicted octanol–water partition coefficient (Wildman–Crippen LogP) is 1.92. The van der Waals surface area contributed by atoms with E-state index in [1.165, 1.54) is 69.2 Å². The van der Waals surface area contributed by atoms with Gasteiger partial charge in [-0.25, -0.2) is 0 Å². The topological polar surface area (TPSA) is 40.5 Å². The fourth-order valence-corrected chi connectivity index (χ4v) is 3.04. The molecule has 3 heteroatoms. The first-order valence-corrected chi connectivity index (χ1v) is 7.40. The van der Waals surface area contributed by atoms with Crippen LogP contribution < -0.4 is 0 Å². The van der Waals surface area contributed by atoms with Crippen molar-refractivity contribution >= 4 is 0 Å². The third-order valence-corrected chi connectivity index (χ3v) is 4.10. The summed E-state index contributed by atoms with van der Waals surface area (Å²) in [6.45, 7) is 6.02. The quantitative estimate of drug-likeness (QED) is 0.455. The average Bonchev–Trinajstić information content (AvgIpc) is 2.80. The van der Waals surface area contributed by atoms with Gasteiger partial charge in [0.25, 0.3) is 0 Å². The van der Waals surface area contributed by atoms with Gasteiger partial charge in [0.1, 0.15) is 0 Å². The van der Waals surface area contributed by atoms with E-state index in [0.717, 1.165) is 12.8 Å². The molecular weight excluding hydrogens is 214 g/mol. The number of aliphatic hydroxyl groups excluding tert-OH is 2. The van der Waals surface area contributed by atoms with E-state index in [1.54, 1.807) is 0 Å². The molecule has 0 atom stereocenters. The molecule has 1 heterocycles. The van der Waals surface area contributed by atoms with Crippen LogP contribution in [0, 0.1) is 0 Å². The highest BCUT2D eigenvalue weighted by atomic mass is 16.3. The van der Waals surface area contributed by atoms with Crippen LogP contribution >= 0.6 is 0 Å². The Morgan fingerprint density at radius 3 is 1.53 bits per heavy atom. The summed E-state index contributed by atoms with van der Waals surface area (Å²) in [5, 5.41) is 17.6. The van der Waals surface area contributed by atoms with Crippen molar-refractivity contribution in [1.29, 1.82) is 0 Å². The van der Waals surface area contributed by atoms with E-state index in [1.807, 2.05) is 0 Å². The second-order valence-corrected chi connectivity index (χ2v) is 5.51. The Kier molecular flexibility index (Phi) is 7.82. The number of nitrogens with zero attached hydrogens (tertiary/aromatic N) is 1. The van der Waals surface area contributed by atoms with Crippen LogP contribution in [0.3, 0.4) is 0 Å². The first-order chi connectivity index (χ1) is 8.33. The van der Waals surface area contributed by atoms with Gasteiger partial charge in [0.05, 0.1) is 26.2 Å². The fourth-order valence-electron chi connectivity index (χ4n) is 3.04. The smallest absolute Gasteiger partial charge is 0.0788 e. The lowest BCUT2D eigenvalue weighted by atomic mass is 10.2. The van der Waals surface area contributed by atoms with E-state index in [0.29, 0.717) is 13.2 Å². The van der Waals surface area contributed by atoms with Crippen molar-refractivity contribution < 1.29 is 14.7 Å². The number of rotatable bonds is 10. The van der Waals surface area contributed by atoms with E-state index < -0.39 is 0 Å². The lowest BCUT2D eigenvalue weighted by Crippen LogP contribution is -2.46. The number of hydrogen-bond acceptors (Lipinski definition) is 2. The van der Waals surface area contributed by atoms with Gasteiger partial charge < -0.3 is 14.7 Å². The SMILES string of the molecule is OCCCCC[N+]1(CCCCCO)CCCC1. The molecule has 1 fully saturated rings. The second-order valence-electron chi connectivity index (χ2n) is 5.51. The zero-order valence-electron chi connectivity index (χ0n) is 11.2. The summed E-state index contributed by atoms with van der Waals surface area (Å²) in [4.78, 5) is 0. The molecule has 0 unspecified atom stereocenters. The van der Waals surface area contributed by atoms with E-state index in [-0.39, 0.29) is 0 Å². The van der Waals surface area contributed by atoms with Crippen molar-refractivity contribution in [3.05, 3.63) is 0 Å². The van der Waals surface area contributed by atoms with Gasteiger partial charge in [-0.2, -0.15) is 0 Å². The van der Waals surface area contributed by atoms with Gasteiger partial charge in [-0.15, -0.1) is 0 Å². The minimum absolute atomic E-state index is 0.344. The van der Waals surface area contributed by atoms with Gasteiger partial charge in [0, 0.05) is 26.1 Å². The Bertz CT molecular complexity index is 165. The van der Waals surface area contributed by atoms with Crippen molar-refractivity contribution in [3.63, 3.8) is 0 Å². The number of aliphatic hydroxyl groups is 2. The molecule has 1 aliphatic heterocycles. The van der Waals surface area contributed by atoms with Gasteiger partial charge in [0.2, 0.25) is 0 Å². The Morgan fingerprint density at radius 2 is 1.12 bits per heavy atom. The third kappa shape index (κ3) is 5.84. The van der Waals surface area contributed by atoms with Gasteiger partial charge in [0.15, 0.2) is 0 Å². The highest BCUT2D eigenvalue weighted by Gasteiger charge is 2.30. The summed E-state index contributed by atoms with van der Waals surface area (Å²) in [5.41, 5.74) is 0. The minimum atomic E-state index is 0.344. The maximum Gasteiger partial charge on any atom is 0.0788 e. The molecule has 0 aromatic heterocycles. The van der Waals surface area contributed by atoms with Crippen LogP contribution in [-0.4, -0.2) is 54.1 Å². The van der Waals surface area contributed by atoms with Crippen LogP contribution in [0.2, 0.25) is 0 Å². The van der Waals surface area contributed by atoms with Gasteiger partial charge in [-0.1, -0.05) is 0 Å². The molecule has 1 saturated heterocycles. The number of quaternary nitrogens is 1. The summed E-state index contributed by atoms with van der Waals surface area (Å²) in [5.74, 6) is 0. The second kappa shape index (κ2) is 8.90. The monoisotopic (exact) mass is 244 g/mol. The fraction of sp³-hybridized carbons (Fsp3) is 1.00. The minimum Gasteiger partial charge on any atom is -0.396 e. The molecule has 1 rings (SSSR count). The van der Waals surface area contributed by atoms with E-state index in [2.05, 4.69) is 0 Å². The summed E-state index contributed by atoms with van der Waals surface area (Å²) in [6.07, 6.45) is 9.58. The van der Waals surface area contributed by atoms with Gasteiger partial charge in [-0.05, 0) is 38.5 Å². The lowest BCUT2D eigenvalue weighted by molar-refractivity contribution is -0.917. The molecule has 0 radical (unpaired) electrons. The molecule has 2 N–H and O–H groups in total. The molecule has 0 aromatic rings. The summed E-state index contributed by atoms with van der Waals surface area (Å²) >= 11 is 0. The van der Waals surface area contributed by atoms with Crippen molar-refractivity contribution in [2.75, 3.05) is 39.4 Å². The van der Waals surface area contributed by atoms with Crippen LogP contribution in [0.15, 0.2) is 0 Å². The zero-order valence-corrected chi connectivity index (χ0v) is 11.2. The molecule has 102 valence electrons. The molecule has 0 saturated carbocycles. The Morgan fingerprint density at radius 1 is 0.647 bits per heavy atom. The Balaban J connectivity index is 2.19. The lowest BCUT2D eigenvalue weighted by Gasteiger charge is -2.34. The van der Waals surface area contributed by atoms with Crippen molar-refractivity contribution in [1.82, 2.24) is 0 Å². The highest BCUT2D eigenvalue weighted by molar-refractivity contribution is 4.56. The molecule has 0 aliphatic carbocycles. The molecule has 17 heavy (non-hydrogen) atoms. The maximum absolute atomic E-state index is 8.79. The molecule has 1 aliphatic rings. The molecule has 0 spiro atoms. The average molecular weight is 244 g/mol. The van der Waals surface area contributed by atoms with Crippen LogP contribution in [0.25, 0.3) is 0 Å². The van der Waals surface area contributed by atoms with E-state index >= 15 is 0 Å². The molecule has 0 amide bonds.